The number of ether oxygens (including phenoxy) is 1. The van der Waals surface area contributed by atoms with Gasteiger partial charge in [-0.2, -0.15) is 0 Å². The normalized spacial score (nSPS) is 17.9. The molecule has 1 unspecified atom stereocenters. The fraction of sp³-hybridized carbons (Fsp3) is 0.607. The van der Waals surface area contributed by atoms with Gasteiger partial charge in [-0.3, -0.25) is 19.5 Å². The van der Waals surface area contributed by atoms with Crippen LogP contribution in [-0.2, 0) is 16.1 Å². The minimum atomic E-state index is -0.796. The van der Waals surface area contributed by atoms with Gasteiger partial charge in [-0.05, 0) is 31.0 Å². The Morgan fingerprint density at radius 3 is 2.35 bits per heavy atom. The number of amides is 3. The van der Waals surface area contributed by atoms with E-state index < -0.39 is 11.9 Å². The first kappa shape index (κ1) is 29.6. The molecule has 2 aliphatic heterocycles. The van der Waals surface area contributed by atoms with Crippen LogP contribution < -0.4 is 10.6 Å². The maximum absolute atomic E-state index is 13.4. The molecule has 2 aromatic rings. The van der Waals surface area contributed by atoms with Crippen molar-refractivity contribution in [3.63, 3.8) is 0 Å². The molecule has 4 rings (SSSR count). The molecular weight excluding hydrogens is 514 g/mol. The second-order valence-corrected chi connectivity index (χ2v) is 11.6. The number of nitrogens with zero attached hydrogens (tertiary/aromatic N) is 5. The molecule has 0 radical (unpaired) electrons. The number of oxazole rings is 1. The number of Topliss-reactive ketones (excluding diaryl/α,β-unsaturated/α-hetero) is 1. The fourth-order valence-electron chi connectivity index (χ4n) is 4.71. The van der Waals surface area contributed by atoms with Crippen molar-refractivity contribution in [3.8, 4) is 11.5 Å². The molecule has 2 aromatic heterocycles. The van der Waals surface area contributed by atoms with Crippen LogP contribution in [0.2, 0.25) is 0 Å². The third-order valence-corrected chi connectivity index (χ3v) is 7.00. The summed E-state index contributed by atoms with van der Waals surface area (Å²) in [6.07, 6.45) is 3.69. The number of likely N-dealkylation sites (N-methyl/N-ethyl adjacent to an activating group) is 1. The zero-order valence-corrected chi connectivity index (χ0v) is 23.9. The Labute approximate surface area is 235 Å². The SMILES string of the molecule is CN1CCN(Cc2nc(-c3ccncc3)oc2C(=O)CNC(=O)C(CC(C)(C)C)NC(=O)N2CCOCC2)CC1. The average molecular weight is 556 g/mol. The number of hydrogen-bond donors (Lipinski definition) is 2. The van der Waals surface area contributed by atoms with E-state index in [1.54, 1.807) is 29.4 Å². The van der Waals surface area contributed by atoms with E-state index in [0.29, 0.717) is 56.4 Å². The van der Waals surface area contributed by atoms with Crippen molar-refractivity contribution in [3.05, 3.63) is 36.0 Å². The fourth-order valence-corrected chi connectivity index (χ4v) is 4.71. The lowest BCUT2D eigenvalue weighted by molar-refractivity contribution is -0.123. The lowest BCUT2D eigenvalue weighted by atomic mass is 9.87. The molecule has 2 aliphatic rings. The summed E-state index contributed by atoms with van der Waals surface area (Å²) in [7, 11) is 2.09. The van der Waals surface area contributed by atoms with Crippen LogP contribution in [0.15, 0.2) is 28.9 Å². The zero-order valence-electron chi connectivity index (χ0n) is 23.9. The van der Waals surface area contributed by atoms with Crippen LogP contribution in [-0.4, -0.2) is 115 Å². The Kier molecular flexibility index (Phi) is 9.88. The summed E-state index contributed by atoms with van der Waals surface area (Å²) in [4.78, 5) is 54.3. The van der Waals surface area contributed by atoms with Crippen LogP contribution in [0.4, 0.5) is 4.79 Å². The highest BCUT2D eigenvalue weighted by Crippen LogP contribution is 2.24. The highest BCUT2D eigenvalue weighted by Gasteiger charge is 2.30. The van der Waals surface area contributed by atoms with Gasteiger partial charge in [0.2, 0.25) is 17.6 Å². The molecule has 2 fully saturated rings. The number of carbonyl (C=O) groups is 3. The van der Waals surface area contributed by atoms with Crippen LogP contribution >= 0.6 is 0 Å². The quantitative estimate of drug-likeness (QED) is 0.443. The topological polar surface area (TPSA) is 133 Å². The van der Waals surface area contributed by atoms with E-state index in [1.807, 2.05) is 20.8 Å². The number of nitrogens with one attached hydrogen (secondary N) is 2. The average Bonchev–Trinajstić information content (AvgIpc) is 3.36. The van der Waals surface area contributed by atoms with E-state index in [9.17, 15) is 14.4 Å². The minimum absolute atomic E-state index is 0.135. The molecule has 0 bridgehead atoms. The number of morpholine rings is 1. The highest BCUT2D eigenvalue weighted by molar-refractivity contribution is 5.99. The Bertz CT molecular complexity index is 1150. The molecule has 0 aliphatic carbocycles. The van der Waals surface area contributed by atoms with Gasteiger partial charge in [0.25, 0.3) is 0 Å². The van der Waals surface area contributed by atoms with E-state index in [-0.39, 0.29) is 29.5 Å². The molecule has 1 atom stereocenters. The van der Waals surface area contributed by atoms with E-state index >= 15 is 0 Å². The number of aromatic nitrogens is 2. The molecule has 218 valence electrons. The van der Waals surface area contributed by atoms with Crippen LogP contribution in [0.5, 0.6) is 0 Å². The molecule has 4 heterocycles. The molecule has 0 aromatic carbocycles. The van der Waals surface area contributed by atoms with Gasteiger partial charge in [0.1, 0.15) is 11.7 Å². The second kappa shape index (κ2) is 13.3. The third kappa shape index (κ3) is 8.33. The van der Waals surface area contributed by atoms with Crippen molar-refractivity contribution in [2.45, 2.75) is 39.8 Å². The minimum Gasteiger partial charge on any atom is -0.433 e. The second-order valence-electron chi connectivity index (χ2n) is 11.6. The summed E-state index contributed by atoms with van der Waals surface area (Å²) in [6, 6.07) is 2.44. The monoisotopic (exact) mass is 555 g/mol. The number of carbonyl (C=O) groups excluding carboxylic acids is 3. The first-order valence-electron chi connectivity index (χ1n) is 13.8. The molecule has 3 amide bonds. The number of pyridine rings is 1. The largest absolute Gasteiger partial charge is 0.433 e. The van der Waals surface area contributed by atoms with E-state index in [2.05, 4.69) is 37.4 Å². The summed E-state index contributed by atoms with van der Waals surface area (Å²) in [6.45, 7) is 11.6. The summed E-state index contributed by atoms with van der Waals surface area (Å²) in [5, 5.41) is 5.59. The van der Waals surface area contributed by atoms with Gasteiger partial charge in [-0.15, -0.1) is 0 Å². The predicted molar refractivity (Wildman–Crippen MR) is 149 cm³/mol. The number of piperazine rings is 1. The summed E-state index contributed by atoms with van der Waals surface area (Å²) < 4.78 is 11.3. The van der Waals surface area contributed by atoms with Crippen molar-refractivity contribution < 1.29 is 23.5 Å². The molecule has 12 nitrogen and oxygen atoms in total. The number of ketones is 1. The smallest absolute Gasteiger partial charge is 0.318 e. The molecular formula is C28H41N7O5. The van der Waals surface area contributed by atoms with Crippen LogP contribution in [0.1, 0.15) is 43.4 Å². The Morgan fingerprint density at radius 2 is 1.70 bits per heavy atom. The van der Waals surface area contributed by atoms with Gasteiger partial charge in [0, 0.05) is 63.8 Å². The molecule has 0 spiro atoms. The van der Waals surface area contributed by atoms with E-state index in [0.717, 1.165) is 26.2 Å². The highest BCUT2D eigenvalue weighted by atomic mass is 16.5. The Morgan fingerprint density at radius 1 is 1.02 bits per heavy atom. The first-order valence-corrected chi connectivity index (χ1v) is 13.8. The number of rotatable bonds is 9. The number of urea groups is 1. The Balaban J connectivity index is 1.46. The summed E-state index contributed by atoms with van der Waals surface area (Å²) in [5.41, 5.74) is 1.03. The van der Waals surface area contributed by atoms with Crippen LogP contribution in [0.3, 0.4) is 0 Å². The maximum Gasteiger partial charge on any atom is 0.318 e. The van der Waals surface area contributed by atoms with Gasteiger partial charge >= 0.3 is 6.03 Å². The molecule has 40 heavy (non-hydrogen) atoms. The third-order valence-electron chi connectivity index (χ3n) is 7.00. The molecule has 0 saturated carbocycles. The van der Waals surface area contributed by atoms with Crippen molar-refractivity contribution in [1.82, 2.24) is 35.3 Å². The van der Waals surface area contributed by atoms with Gasteiger partial charge in [-0.1, -0.05) is 20.8 Å². The van der Waals surface area contributed by atoms with Gasteiger partial charge in [0.15, 0.2) is 5.76 Å². The predicted octanol–water partition coefficient (Wildman–Crippen LogP) is 1.63. The van der Waals surface area contributed by atoms with Crippen molar-refractivity contribution in [2.75, 3.05) is 66.1 Å². The van der Waals surface area contributed by atoms with Crippen molar-refractivity contribution in [2.24, 2.45) is 5.41 Å². The lowest BCUT2D eigenvalue weighted by Crippen LogP contribution is -2.54. The number of hydrogen-bond acceptors (Lipinski definition) is 9. The van der Waals surface area contributed by atoms with Crippen LogP contribution in [0.25, 0.3) is 11.5 Å². The van der Waals surface area contributed by atoms with Crippen LogP contribution in [0, 0.1) is 5.41 Å². The molecule has 2 N–H and O–H groups in total. The van der Waals surface area contributed by atoms with Crippen molar-refractivity contribution >= 4 is 17.7 Å². The lowest BCUT2D eigenvalue weighted by Gasteiger charge is -2.31. The van der Waals surface area contributed by atoms with E-state index in [1.165, 1.54) is 0 Å². The molecule has 2 saturated heterocycles. The van der Waals surface area contributed by atoms with Gasteiger partial charge in [0.05, 0.1) is 19.8 Å². The molecule has 12 heteroatoms. The first-order chi connectivity index (χ1) is 19.1. The Hall–Kier alpha value is -3.35. The van der Waals surface area contributed by atoms with Gasteiger partial charge < -0.3 is 29.6 Å². The van der Waals surface area contributed by atoms with E-state index in [4.69, 9.17) is 9.15 Å². The zero-order chi connectivity index (χ0) is 28.7. The maximum atomic E-state index is 13.4. The summed E-state index contributed by atoms with van der Waals surface area (Å²) in [5.74, 6) is -0.320. The standard InChI is InChI=1S/C28H41N7O5/c1-28(2,3)17-21(32-27(38)35-13-15-39-16-14-35)25(37)30-18-23(36)24-22(19-34-11-9-33(4)10-12-34)31-26(40-24)20-5-7-29-8-6-20/h5-8,21H,9-19H2,1-4H3,(H,30,37)(H,32,38). The van der Waals surface area contributed by atoms with Crippen molar-refractivity contribution in [1.29, 1.82) is 0 Å². The van der Waals surface area contributed by atoms with Gasteiger partial charge in [-0.25, -0.2) is 9.78 Å². The summed E-state index contributed by atoms with van der Waals surface area (Å²) >= 11 is 0.